The summed E-state index contributed by atoms with van der Waals surface area (Å²) in [5.74, 6) is 0.156. The van der Waals surface area contributed by atoms with Crippen molar-refractivity contribution in [1.29, 1.82) is 0 Å². The second kappa shape index (κ2) is 10.5. The van der Waals surface area contributed by atoms with Crippen molar-refractivity contribution in [3.63, 3.8) is 0 Å². The van der Waals surface area contributed by atoms with Crippen LogP contribution >= 0.6 is 11.6 Å². The van der Waals surface area contributed by atoms with Crippen LogP contribution in [-0.4, -0.2) is 35.4 Å². The Morgan fingerprint density at radius 2 is 1.87 bits per heavy atom. The van der Waals surface area contributed by atoms with E-state index in [1.54, 1.807) is 36.1 Å². The number of amides is 2. The molecule has 3 rings (SSSR count). The van der Waals surface area contributed by atoms with Gasteiger partial charge in [-0.2, -0.15) is 0 Å². The van der Waals surface area contributed by atoms with Gasteiger partial charge in [0.1, 0.15) is 11.8 Å². The number of rotatable bonds is 8. The number of carbonyl (C=O) groups is 2. The lowest BCUT2D eigenvalue weighted by Crippen LogP contribution is -2.50. The van der Waals surface area contributed by atoms with Crippen molar-refractivity contribution in [3.05, 3.63) is 64.7 Å². The number of ether oxygens (including phenoxy) is 1. The molecule has 1 saturated carbocycles. The fourth-order valence-corrected chi connectivity index (χ4v) is 3.83. The van der Waals surface area contributed by atoms with Gasteiger partial charge in [0, 0.05) is 17.6 Å². The van der Waals surface area contributed by atoms with Crippen molar-refractivity contribution in [2.24, 2.45) is 0 Å². The minimum absolute atomic E-state index is 0.120. The molecule has 1 N–H and O–H groups in total. The van der Waals surface area contributed by atoms with Gasteiger partial charge in [-0.15, -0.1) is 0 Å². The Morgan fingerprint density at radius 3 is 2.53 bits per heavy atom. The van der Waals surface area contributed by atoms with Crippen molar-refractivity contribution in [2.75, 3.05) is 6.61 Å². The monoisotopic (exact) mass is 428 g/mol. The standard InChI is InChI=1S/C24H29ClN2O3/c1-17-10-12-19(13-11-17)15-27(18(2)24(29)26-21-7-3-4-8-21)23(28)16-30-22-9-5-6-20(25)14-22/h5-6,9-14,18,21H,3-4,7-8,15-16H2,1-2H3,(H,26,29)/t18-/m1/s1. The summed E-state index contributed by atoms with van der Waals surface area (Å²) in [6.45, 7) is 3.98. The number of carbonyl (C=O) groups excluding carboxylic acids is 2. The third kappa shape index (κ3) is 6.23. The lowest BCUT2D eigenvalue weighted by molar-refractivity contribution is -0.142. The summed E-state index contributed by atoms with van der Waals surface area (Å²) in [5, 5.41) is 3.64. The zero-order valence-electron chi connectivity index (χ0n) is 17.6. The predicted molar refractivity (Wildman–Crippen MR) is 119 cm³/mol. The molecular formula is C24H29ClN2O3. The molecule has 160 valence electrons. The molecule has 5 nitrogen and oxygen atoms in total. The van der Waals surface area contributed by atoms with Gasteiger partial charge in [-0.05, 0) is 50.5 Å². The van der Waals surface area contributed by atoms with E-state index in [9.17, 15) is 9.59 Å². The van der Waals surface area contributed by atoms with Crippen LogP contribution in [0.5, 0.6) is 5.75 Å². The fraction of sp³-hybridized carbons (Fsp3) is 0.417. The Balaban J connectivity index is 1.70. The molecule has 0 spiro atoms. The molecule has 0 radical (unpaired) electrons. The highest BCUT2D eigenvalue weighted by molar-refractivity contribution is 6.30. The maximum Gasteiger partial charge on any atom is 0.261 e. The number of hydrogen-bond acceptors (Lipinski definition) is 3. The van der Waals surface area contributed by atoms with Gasteiger partial charge in [0.05, 0.1) is 0 Å². The Hall–Kier alpha value is -2.53. The average molecular weight is 429 g/mol. The third-order valence-electron chi connectivity index (χ3n) is 5.50. The van der Waals surface area contributed by atoms with E-state index in [2.05, 4.69) is 5.32 Å². The van der Waals surface area contributed by atoms with Crippen LogP contribution in [0.25, 0.3) is 0 Å². The smallest absolute Gasteiger partial charge is 0.261 e. The highest BCUT2D eigenvalue weighted by atomic mass is 35.5. The van der Waals surface area contributed by atoms with Gasteiger partial charge in [-0.25, -0.2) is 0 Å². The number of nitrogens with one attached hydrogen (secondary N) is 1. The van der Waals surface area contributed by atoms with Crippen LogP contribution in [0, 0.1) is 6.92 Å². The van der Waals surface area contributed by atoms with Gasteiger partial charge < -0.3 is 15.0 Å². The Bertz CT molecular complexity index is 863. The molecule has 1 fully saturated rings. The predicted octanol–water partition coefficient (Wildman–Crippen LogP) is 4.50. The summed E-state index contributed by atoms with van der Waals surface area (Å²) in [6.07, 6.45) is 4.28. The van der Waals surface area contributed by atoms with Crippen LogP contribution in [0.2, 0.25) is 5.02 Å². The van der Waals surface area contributed by atoms with Crippen LogP contribution in [0.3, 0.4) is 0 Å². The summed E-state index contributed by atoms with van der Waals surface area (Å²) in [5.41, 5.74) is 2.12. The van der Waals surface area contributed by atoms with Crippen molar-refractivity contribution in [2.45, 2.75) is 58.2 Å². The van der Waals surface area contributed by atoms with E-state index in [4.69, 9.17) is 16.3 Å². The molecular weight excluding hydrogens is 400 g/mol. The first-order chi connectivity index (χ1) is 14.4. The highest BCUT2D eigenvalue weighted by Gasteiger charge is 2.28. The summed E-state index contributed by atoms with van der Waals surface area (Å²) >= 11 is 5.99. The number of benzene rings is 2. The second-order valence-electron chi connectivity index (χ2n) is 7.92. The maximum absolute atomic E-state index is 13.0. The third-order valence-corrected chi connectivity index (χ3v) is 5.74. The van der Waals surface area contributed by atoms with Gasteiger partial charge in [0.2, 0.25) is 5.91 Å². The normalized spacial score (nSPS) is 14.9. The highest BCUT2D eigenvalue weighted by Crippen LogP contribution is 2.20. The van der Waals surface area contributed by atoms with E-state index in [1.807, 2.05) is 31.2 Å². The molecule has 0 saturated heterocycles. The summed E-state index contributed by atoms with van der Waals surface area (Å²) in [6, 6.07) is 14.5. The van der Waals surface area contributed by atoms with Gasteiger partial charge in [-0.1, -0.05) is 60.3 Å². The number of nitrogens with zero attached hydrogens (tertiary/aromatic N) is 1. The molecule has 6 heteroatoms. The lowest BCUT2D eigenvalue weighted by Gasteiger charge is -2.29. The molecule has 1 aliphatic rings. The first kappa shape index (κ1) is 22.2. The molecule has 0 bridgehead atoms. The summed E-state index contributed by atoms with van der Waals surface area (Å²) in [4.78, 5) is 27.5. The summed E-state index contributed by atoms with van der Waals surface area (Å²) < 4.78 is 5.64. The Kier molecular flexibility index (Phi) is 7.75. The molecule has 2 aromatic carbocycles. The minimum Gasteiger partial charge on any atom is -0.484 e. The van der Waals surface area contributed by atoms with Crippen LogP contribution < -0.4 is 10.1 Å². The van der Waals surface area contributed by atoms with E-state index in [0.717, 1.165) is 36.8 Å². The van der Waals surface area contributed by atoms with E-state index < -0.39 is 6.04 Å². The second-order valence-corrected chi connectivity index (χ2v) is 8.36. The number of halogens is 1. The van der Waals surface area contributed by atoms with Gasteiger partial charge in [0.15, 0.2) is 6.61 Å². The SMILES string of the molecule is Cc1ccc(CN(C(=O)COc2cccc(Cl)c2)[C@H](C)C(=O)NC2CCCC2)cc1. The number of hydrogen-bond donors (Lipinski definition) is 1. The van der Waals surface area contributed by atoms with Gasteiger partial charge >= 0.3 is 0 Å². The first-order valence-corrected chi connectivity index (χ1v) is 10.8. The maximum atomic E-state index is 13.0. The molecule has 0 aliphatic heterocycles. The van der Waals surface area contributed by atoms with Crippen LogP contribution in [-0.2, 0) is 16.1 Å². The lowest BCUT2D eigenvalue weighted by atomic mass is 10.1. The molecule has 2 aromatic rings. The van der Waals surface area contributed by atoms with E-state index in [-0.39, 0.29) is 24.5 Å². The van der Waals surface area contributed by atoms with E-state index >= 15 is 0 Å². The van der Waals surface area contributed by atoms with E-state index in [0.29, 0.717) is 17.3 Å². The minimum atomic E-state index is -0.595. The van der Waals surface area contributed by atoms with E-state index in [1.165, 1.54) is 0 Å². The Morgan fingerprint density at radius 1 is 1.17 bits per heavy atom. The quantitative estimate of drug-likeness (QED) is 0.673. The zero-order valence-corrected chi connectivity index (χ0v) is 18.3. The fourth-order valence-electron chi connectivity index (χ4n) is 3.65. The largest absolute Gasteiger partial charge is 0.484 e. The van der Waals surface area contributed by atoms with Crippen molar-refractivity contribution < 1.29 is 14.3 Å². The molecule has 0 aromatic heterocycles. The van der Waals surface area contributed by atoms with Crippen LogP contribution in [0.4, 0.5) is 0 Å². The number of aryl methyl sites for hydroxylation is 1. The van der Waals surface area contributed by atoms with Crippen molar-refractivity contribution >= 4 is 23.4 Å². The molecule has 0 heterocycles. The summed E-state index contributed by atoms with van der Waals surface area (Å²) in [7, 11) is 0. The van der Waals surface area contributed by atoms with Crippen molar-refractivity contribution in [1.82, 2.24) is 10.2 Å². The first-order valence-electron chi connectivity index (χ1n) is 10.5. The molecule has 0 unspecified atom stereocenters. The Labute approximate surface area is 183 Å². The topological polar surface area (TPSA) is 58.6 Å². The molecule has 30 heavy (non-hydrogen) atoms. The average Bonchev–Trinajstić information content (AvgIpc) is 3.24. The molecule has 1 atom stereocenters. The van der Waals surface area contributed by atoms with Gasteiger partial charge in [-0.3, -0.25) is 9.59 Å². The van der Waals surface area contributed by atoms with Crippen molar-refractivity contribution in [3.8, 4) is 5.75 Å². The molecule has 1 aliphatic carbocycles. The van der Waals surface area contributed by atoms with Crippen LogP contribution in [0.1, 0.15) is 43.7 Å². The van der Waals surface area contributed by atoms with Gasteiger partial charge in [0.25, 0.3) is 5.91 Å². The zero-order chi connectivity index (χ0) is 21.5. The van der Waals surface area contributed by atoms with Crippen LogP contribution in [0.15, 0.2) is 48.5 Å². The molecule has 2 amide bonds.